The van der Waals surface area contributed by atoms with Gasteiger partial charge in [-0.05, 0) is 24.0 Å². The van der Waals surface area contributed by atoms with Crippen LogP contribution < -0.4 is 21.7 Å². The van der Waals surface area contributed by atoms with Gasteiger partial charge in [0.05, 0.1) is 12.4 Å². The standard InChI is InChI=1S/C27H35N7O7/c1-14(2)23(27(40)41)34-26(39)21(10-16-12-29-13-31-16)33-25(38)20(32-24(37)18(28)7-8-22(35)36)9-15-11-30-19-6-4-3-5-17(15)19/h3-6,11-14,18,20-21,23,30H,7-10,28H2,1-2H3,(H,29,31)(H,32,37)(H,33,38)(H,34,39)(H,35,36)(H,40,41). The third-order valence-corrected chi connectivity index (χ3v) is 6.58. The average molecular weight is 570 g/mol. The van der Waals surface area contributed by atoms with Crippen LogP contribution in [0.5, 0.6) is 0 Å². The van der Waals surface area contributed by atoms with Gasteiger partial charge < -0.3 is 41.9 Å². The van der Waals surface area contributed by atoms with E-state index in [1.54, 1.807) is 20.0 Å². The van der Waals surface area contributed by atoms with Crippen LogP contribution in [-0.4, -0.2) is 79.0 Å². The first kappa shape index (κ1) is 30.8. The number of aromatic nitrogens is 3. The van der Waals surface area contributed by atoms with E-state index in [-0.39, 0.29) is 25.7 Å². The second-order valence-corrected chi connectivity index (χ2v) is 10.1. The van der Waals surface area contributed by atoms with Crippen LogP contribution in [0.25, 0.3) is 10.9 Å². The number of hydrogen-bond acceptors (Lipinski definition) is 7. The summed E-state index contributed by atoms with van der Waals surface area (Å²) in [7, 11) is 0. The first-order valence-electron chi connectivity index (χ1n) is 13.1. The van der Waals surface area contributed by atoms with Gasteiger partial charge in [-0.25, -0.2) is 9.78 Å². The number of carboxylic acids is 2. The highest BCUT2D eigenvalue weighted by molar-refractivity contribution is 5.95. The van der Waals surface area contributed by atoms with Gasteiger partial charge in [0.25, 0.3) is 0 Å². The van der Waals surface area contributed by atoms with Gasteiger partial charge in [-0.2, -0.15) is 0 Å². The SMILES string of the molecule is CC(C)C(NC(=O)C(Cc1cnc[nH]1)NC(=O)C(Cc1c[nH]c2ccccc12)NC(=O)C(N)CCC(=O)O)C(=O)O. The number of imidazole rings is 1. The van der Waals surface area contributed by atoms with Crippen LogP contribution in [0, 0.1) is 5.92 Å². The summed E-state index contributed by atoms with van der Waals surface area (Å²) in [5, 5.41) is 27.0. The van der Waals surface area contributed by atoms with E-state index in [1.165, 1.54) is 12.5 Å². The van der Waals surface area contributed by atoms with Gasteiger partial charge in [0.15, 0.2) is 0 Å². The molecule has 4 atom stereocenters. The Morgan fingerprint density at radius 2 is 1.59 bits per heavy atom. The van der Waals surface area contributed by atoms with Gasteiger partial charge in [0.2, 0.25) is 17.7 Å². The smallest absolute Gasteiger partial charge is 0.326 e. The first-order valence-corrected chi connectivity index (χ1v) is 13.1. The lowest BCUT2D eigenvalue weighted by atomic mass is 10.0. The number of nitrogens with two attached hydrogens (primary N) is 1. The maximum Gasteiger partial charge on any atom is 0.326 e. The largest absolute Gasteiger partial charge is 0.481 e. The zero-order valence-corrected chi connectivity index (χ0v) is 22.7. The van der Waals surface area contributed by atoms with Crippen LogP contribution in [-0.2, 0) is 36.8 Å². The maximum absolute atomic E-state index is 13.6. The maximum atomic E-state index is 13.6. The molecule has 0 aliphatic rings. The highest BCUT2D eigenvalue weighted by Crippen LogP contribution is 2.19. The van der Waals surface area contributed by atoms with Crippen molar-refractivity contribution in [3.8, 4) is 0 Å². The fraction of sp³-hybridized carbons (Fsp3) is 0.407. The molecule has 220 valence electrons. The first-order chi connectivity index (χ1) is 19.5. The third-order valence-electron chi connectivity index (χ3n) is 6.58. The van der Waals surface area contributed by atoms with Crippen molar-refractivity contribution in [2.45, 2.75) is 63.7 Å². The molecular weight excluding hydrogens is 534 g/mol. The lowest BCUT2D eigenvalue weighted by Gasteiger charge is -2.26. The molecule has 0 aliphatic carbocycles. The minimum absolute atomic E-state index is 0.0232. The lowest BCUT2D eigenvalue weighted by Crippen LogP contribution is -2.58. The summed E-state index contributed by atoms with van der Waals surface area (Å²) in [5.41, 5.74) is 7.92. The van der Waals surface area contributed by atoms with Gasteiger partial charge in [-0.3, -0.25) is 19.2 Å². The van der Waals surface area contributed by atoms with Crippen molar-refractivity contribution < 1.29 is 34.2 Å². The summed E-state index contributed by atoms with van der Waals surface area (Å²) in [6, 6.07) is 2.58. The molecule has 0 saturated heterocycles. The molecule has 0 aliphatic heterocycles. The molecule has 3 amide bonds. The van der Waals surface area contributed by atoms with Crippen LogP contribution in [0.3, 0.4) is 0 Å². The molecule has 3 rings (SSSR count). The Morgan fingerprint density at radius 3 is 2.22 bits per heavy atom. The third kappa shape index (κ3) is 8.63. The van der Waals surface area contributed by atoms with Crippen LogP contribution in [0.1, 0.15) is 37.9 Å². The molecule has 41 heavy (non-hydrogen) atoms. The van der Waals surface area contributed by atoms with E-state index in [4.69, 9.17) is 10.8 Å². The second kappa shape index (κ2) is 14.1. The number of carbonyl (C=O) groups excluding carboxylic acids is 3. The van der Waals surface area contributed by atoms with Gasteiger partial charge in [0.1, 0.15) is 18.1 Å². The van der Waals surface area contributed by atoms with Crippen molar-refractivity contribution in [2.75, 3.05) is 0 Å². The molecule has 2 aromatic heterocycles. The monoisotopic (exact) mass is 569 g/mol. The topological polar surface area (TPSA) is 232 Å². The molecule has 9 N–H and O–H groups in total. The summed E-state index contributed by atoms with van der Waals surface area (Å²) in [4.78, 5) is 72.2. The minimum Gasteiger partial charge on any atom is -0.481 e. The number of hydrogen-bond donors (Lipinski definition) is 8. The molecule has 14 heteroatoms. The number of amides is 3. The van der Waals surface area contributed by atoms with Crippen LogP contribution >= 0.6 is 0 Å². The fourth-order valence-corrected chi connectivity index (χ4v) is 4.28. The van der Waals surface area contributed by atoms with Crippen molar-refractivity contribution in [3.63, 3.8) is 0 Å². The zero-order chi connectivity index (χ0) is 30.1. The van der Waals surface area contributed by atoms with Crippen molar-refractivity contribution >= 4 is 40.6 Å². The Hall–Kier alpha value is -4.72. The highest BCUT2D eigenvalue weighted by atomic mass is 16.4. The van der Waals surface area contributed by atoms with Crippen molar-refractivity contribution in [2.24, 2.45) is 11.7 Å². The predicted octanol–water partition coefficient (Wildman–Crippen LogP) is 0.0633. The van der Waals surface area contributed by atoms with E-state index >= 15 is 0 Å². The number of fused-ring (bicyclic) bond motifs is 1. The number of para-hydroxylation sites is 1. The minimum atomic E-state index is -1.22. The summed E-state index contributed by atoms with van der Waals surface area (Å²) in [5.74, 6) is -4.95. The number of rotatable bonds is 15. The number of benzene rings is 1. The predicted molar refractivity (Wildman–Crippen MR) is 147 cm³/mol. The van der Waals surface area contributed by atoms with E-state index in [0.717, 1.165) is 10.9 Å². The number of aromatic amines is 2. The van der Waals surface area contributed by atoms with Gasteiger partial charge in [-0.1, -0.05) is 32.0 Å². The fourth-order valence-electron chi connectivity index (χ4n) is 4.28. The number of carboxylic acid groups (broad SMARTS) is 2. The van der Waals surface area contributed by atoms with Crippen molar-refractivity contribution in [1.82, 2.24) is 30.9 Å². The van der Waals surface area contributed by atoms with Crippen molar-refractivity contribution in [3.05, 3.63) is 54.2 Å². The number of nitrogens with zero attached hydrogens (tertiary/aromatic N) is 1. The Labute approximate surface area is 235 Å². The number of H-pyrrole nitrogens is 2. The summed E-state index contributed by atoms with van der Waals surface area (Å²) >= 11 is 0. The van der Waals surface area contributed by atoms with Gasteiger partial charge >= 0.3 is 11.9 Å². The van der Waals surface area contributed by atoms with E-state index in [0.29, 0.717) is 11.3 Å². The molecule has 14 nitrogen and oxygen atoms in total. The number of aliphatic carboxylic acids is 2. The second-order valence-electron chi connectivity index (χ2n) is 10.1. The number of nitrogens with one attached hydrogen (secondary N) is 5. The molecule has 3 aromatic rings. The molecule has 0 bridgehead atoms. The van der Waals surface area contributed by atoms with Crippen LogP contribution in [0.4, 0.5) is 0 Å². The molecule has 1 aromatic carbocycles. The molecule has 2 heterocycles. The zero-order valence-electron chi connectivity index (χ0n) is 22.7. The Balaban J connectivity index is 1.86. The number of carbonyl (C=O) groups is 5. The molecule has 4 unspecified atom stereocenters. The van der Waals surface area contributed by atoms with Gasteiger partial charge in [-0.15, -0.1) is 0 Å². The molecule has 0 fully saturated rings. The summed E-state index contributed by atoms with van der Waals surface area (Å²) in [6.07, 6.45) is 4.09. The van der Waals surface area contributed by atoms with E-state index in [2.05, 4.69) is 30.9 Å². The summed E-state index contributed by atoms with van der Waals surface area (Å²) < 4.78 is 0. The lowest BCUT2D eigenvalue weighted by molar-refractivity contribution is -0.143. The quantitative estimate of drug-likeness (QED) is 0.123. The average Bonchev–Trinajstić information content (AvgIpc) is 3.59. The van der Waals surface area contributed by atoms with Crippen molar-refractivity contribution in [1.29, 1.82) is 0 Å². The molecule has 0 spiro atoms. The Bertz CT molecular complexity index is 1370. The van der Waals surface area contributed by atoms with Gasteiger partial charge in [0, 0.05) is 48.3 Å². The van der Waals surface area contributed by atoms with E-state index in [1.807, 2.05) is 24.3 Å². The Kier molecular flexibility index (Phi) is 10.6. The van der Waals surface area contributed by atoms with E-state index < -0.39 is 59.7 Å². The summed E-state index contributed by atoms with van der Waals surface area (Å²) in [6.45, 7) is 3.28. The highest BCUT2D eigenvalue weighted by Gasteiger charge is 2.32. The molecular formula is C27H35N7O7. The Morgan fingerprint density at radius 1 is 0.927 bits per heavy atom. The van der Waals surface area contributed by atoms with Crippen LogP contribution in [0.15, 0.2) is 43.0 Å². The molecule has 0 saturated carbocycles. The van der Waals surface area contributed by atoms with E-state index in [9.17, 15) is 29.1 Å². The molecule has 0 radical (unpaired) electrons. The normalized spacial score (nSPS) is 14.1. The van der Waals surface area contributed by atoms with Crippen LogP contribution in [0.2, 0.25) is 0 Å².